The summed E-state index contributed by atoms with van der Waals surface area (Å²) in [6.07, 6.45) is 5.42. The zero-order chi connectivity index (χ0) is 25.1. The average Bonchev–Trinajstić information content (AvgIpc) is 3.45. The summed E-state index contributed by atoms with van der Waals surface area (Å²) in [7, 11) is 1.49. The van der Waals surface area contributed by atoms with Crippen molar-refractivity contribution in [2.24, 2.45) is 0 Å². The van der Waals surface area contributed by atoms with Crippen molar-refractivity contribution < 1.29 is 9.53 Å². The fraction of sp³-hybridized carbons (Fsp3) is 0.185. The van der Waals surface area contributed by atoms with E-state index in [1.807, 2.05) is 60.8 Å². The van der Waals surface area contributed by atoms with Gasteiger partial charge in [0.05, 0.1) is 23.6 Å². The molecule has 0 saturated carbocycles. The lowest BCUT2D eigenvalue weighted by Gasteiger charge is -2.29. The van der Waals surface area contributed by atoms with Crippen LogP contribution in [-0.4, -0.2) is 39.3 Å². The predicted octanol–water partition coefficient (Wildman–Crippen LogP) is 4.34. The lowest BCUT2D eigenvalue weighted by atomic mass is 10.0. The minimum absolute atomic E-state index is 0.000393. The van der Waals surface area contributed by atoms with Crippen molar-refractivity contribution in [3.63, 3.8) is 0 Å². The van der Waals surface area contributed by atoms with Crippen LogP contribution in [0.5, 0.6) is 0 Å². The third kappa shape index (κ3) is 4.58. The monoisotopic (exact) mass is 498 g/mol. The minimum Gasteiger partial charge on any atom is -0.375 e. The zero-order valence-electron chi connectivity index (χ0n) is 20.0. The molecule has 1 aromatic carbocycles. The van der Waals surface area contributed by atoms with Gasteiger partial charge in [0.1, 0.15) is 12.6 Å². The highest BCUT2D eigenvalue weighted by Gasteiger charge is 2.42. The fourth-order valence-electron chi connectivity index (χ4n) is 4.60. The molecular weight excluding hydrogens is 472 g/mol. The Morgan fingerprint density at radius 1 is 1.06 bits per heavy atom. The Morgan fingerprint density at radius 3 is 2.58 bits per heavy atom. The minimum atomic E-state index is -0.207. The number of carbonyl (C=O) groups excluding carboxylic acids is 1. The number of carbonyl (C=O) groups is 1. The maximum absolute atomic E-state index is 11.9. The van der Waals surface area contributed by atoms with E-state index in [-0.39, 0.29) is 24.6 Å². The van der Waals surface area contributed by atoms with Crippen LogP contribution in [0.15, 0.2) is 85.3 Å². The Balaban J connectivity index is 1.58. The lowest BCUT2D eigenvalue weighted by Crippen LogP contribution is -2.30. The van der Waals surface area contributed by atoms with Crippen molar-refractivity contribution in [3.8, 4) is 5.69 Å². The molecule has 1 saturated heterocycles. The Labute approximate surface area is 215 Å². The molecule has 1 aliphatic rings. The van der Waals surface area contributed by atoms with Gasteiger partial charge < -0.3 is 24.8 Å². The average molecular weight is 499 g/mol. The van der Waals surface area contributed by atoms with Crippen LogP contribution in [0.1, 0.15) is 29.2 Å². The van der Waals surface area contributed by atoms with Gasteiger partial charge in [-0.05, 0) is 79.8 Å². The summed E-state index contributed by atoms with van der Waals surface area (Å²) in [4.78, 5) is 23.0. The van der Waals surface area contributed by atoms with E-state index in [9.17, 15) is 4.79 Å². The van der Waals surface area contributed by atoms with Gasteiger partial charge in [0, 0.05) is 42.3 Å². The maximum atomic E-state index is 11.9. The highest BCUT2D eigenvalue weighted by molar-refractivity contribution is 7.80. The van der Waals surface area contributed by atoms with Crippen molar-refractivity contribution in [2.75, 3.05) is 23.9 Å². The fourth-order valence-corrected chi connectivity index (χ4v) is 4.94. The summed E-state index contributed by atoms with van der Waals surface area (Å²) < 4.78 is 7.11. The molecule has 36 heavy (non-hydrogen) atoms. The Bertz CT molecular complexity index is 1360. The van der Waals surface area contributed by atoms with E-state index in [0.29, 0.717) is 10.8 Å². The molecule has 3 aromatic heterocycles. The summed E-state index contributed by atoms with van der Waals surface area (Å²) in [6.45, 7) is 2.08. The standard InChI is InChI=1S/C27H26N6O2S/c1-18-8-13-23(32(18)21-6-5-14-28-16-21)26-25(22-7-3-4-15-29-22)31-27(36)33(26)20-11-9-19(10-12-20)30-24(34)17-35-2/h3-16,25-26H,17H2,1-2H3,(H,30,34)(H,31,36)/t25-,26+/m1/s1. The number of anilines is 2. The largest absolute Gasteiger partial charge is 0.375 e. The number of aromatic nitrogens is 3. The van der Waals surface area contributed by atoms with E-state index >= 15 is 0 Å². The summed E-state index contributed by atoms with van der Waals surface area (Å²) in [6, 6.07) is 21.4. The number of benzene rings is 1. The van der Waals surface area contributed by atoms with Gasteiger partial charge in [-0.15, -0.1) is 0 Å². The molecule has 0 spiro atoms. The van der Waals surface area contributed by atoms with Crippen LogP contribution in [0.25, 0.3) is 5.69 Å². The number of hydrogen-bond donors (Lipinski definition) is 2. The summed E-state index contributed by atoms with van der Waals surface area (Å²) in [5, 5.41) is 6.93. The van der Waals surface area contributed by atoms with Gasteiger partial charge in [-0.2, -0.15) is 0 Å². The summed E-state index contributed by atoms with van der Waals surface area (Å²) in [5.74, 6) is -0.207. The maximum Gasteiger partial charge on any atom is 0.250 e. The van der Waals surface area contributed by atoms with E-state index in [0.717, 1.165) is 28.5 Å². The Morgan fingerprint density at radius 2 is 1.89 bits per heavy atom. The molecule has 0 radical (unpaired) electrons. The topological polar surface area (TPSA) is 84.3 Å². The van der Waals surface area contributed by atoms with Gasteiger partial charge >= 0.3 is 0 Å². The van der Waals surface area contributed by atoms with Crippen LogP contribution in [0, 0.1) is 6.92 Å². The molecule has 4 aromatic rings. The van der Waals surface area contributed by atoms with Crippen molar-refractivity contribution in [1.82, 2.24) is 19.9 Å². The number of ether oxygens (including phenoxy) is 1. The molecule has 1 aliphatic heterocycles. The number of hydrogen-bond acceptors (Lipinski definition) is 5. The van der Waals surface area contributed by atoms with Gasteiger partial charge in [0.25, 0.3) is 0 Å². The molecule has 1 fully saturated rings. The molecule has 0 unspecified atom stereocenters. The van der Waals surface area contributed by atoms with Gasteiger partial charge in [0.2, 0.25) is 5.91 Å². The molecule has 182 valence electrons. The quantitative estimate of drug-likeness (QED) is 0.367. The van der Waals surface area contributed by atoms with E-state index in [1.54, 1.807) is 12.4 Å². The van der Waals surface area contributed by atoms with Crippen molar-refractivity contribution in [1.29, 1.82) is 0 Å². The second-order valence-corrected chi connectivity index (χ2v) is 8.86. The SMILES string of the molecule is COCC(=O)Nc1ccc(N2C(=S)N[C@H](c3ccccn3)[C@@H]2c2ccc(C)n2-c2cccnc2)cc1. The Hall–Kier alpha value is -4.08. The number of nitrogens with one attached hydrogen (secondary N) is 2. The van der Waals surface area contributed by atoms with Crippen LogP contribution < -0.4 is 15.5 Å². The first-order chi connectivity index (χ1) is 17.6. The van der Waals surface area contributed by atoms with E-state index in [1.165, 1.54) is 7.11 Å². The molecular formula is C27H26N6O2S. The van der Waals surface area contributed by atoms with E-state index in [4.69, 9.17) is 17.0 Å². The first-order valence-corrected chi connectivity index (χ1v) is 12.0. The molecule has 1 amide bonds. The van der Waals surface area contributed by atoms with Crippen LogP contribution in [0.4, 0.5) is 11.4 Å². The van der Waals surface area contributed by atoms with Crippen molar-refractivity contribution >= 4 is 34.6 Å². The summed E-state index contributed by atoms with van der Waals surface area (Å²) >= 11 is 5.86. The van der Waals surface area contributed by atoms with E-state index in [2.05, 4.69) is 49.1 Å². The number of thiocarbonyl (C=S) groups is 1. The second kappa shape index (κ2) is 10.3. The molecule has 9 heteroatoms. The Kier molecular flexibility index (Phi) is 6.75. The van der Waals surface area contributed by atoms with Gasteiger partial charge in [-0.1, -0.05) is 6.07 Å². The molecule has 0 bridgehead atoms. The van der Waals surface area contributed by atoms with Gasteiger partial charge in [-0.25, -0.2) is 0 Å². The number of amides is 1. The lowest BCUT2D eigenvalue weighted by molar-refractivity contribution is -0.119. The molecule has 5 rings (SSSR count). The highest BCUT2D eigenvalue weighted by Crippen LogP contribution is 2.42. The first-order valence-electron chi connectivity index (χ1n) is 11.5. The second-order valence-electron chi connectivity index (χ2n) is 8.47. The van der Waals surface area contributed by atoms with Gasteiger partial charge in [-0.3, -0.25) is 14.8 Å². The number of methoxy groups -OCH3 is 1. The highest BCUT2D eigenvalue weighted by atomic mass is 32.1. The van der Waals surface area contributed by atoms with Crippen LogP contribution in [0.3, 0.4) is 0 Å². The van der Waals surface area contributed by atoms with Gasteiger partial charge in [0.15, 0.2) is 5.11 Å². The van der Waals surface area contributed by atoms with E-state index < -0.39 is 0 Å². The van der Waals surface area contributed by atoms with Crippen LogP contribution in [0.2, 0.25) is 0 Å². The smallest absolute Gasteiger partial charge is 0.250 e. The van der Waals surface area contributed by atoms with Crippen molar-refractivity contribution in [3.05, 3.63) is 102 Å². The third-order valence-corrected chi connectivity index (χ3v) is 6.43. The van der Waals surface area contributed by atoms with Crippen LogP contribution >= 0.6 is 12.2 Å². The van der Waals surface area contributed by atoms with Crippen molar-refractivity contribution in [2.45, 2.75) is 19.0 Å². The molecule has 8 nitrogen and oxygen atoms in total. The number of pyridine rings is 2. The molecule has 0 aliphatic carbocycles. The molecule has 2 atom stereocenters. The molecule has 2 N–H and O–H groups in total. The van der Waals surface area contributed by atoms with Crippen LogP contribution in [-0.2, 0) is 9.53 Å². The number of rotatable bonds is 7. The molecule has 4 heterocycles. The number of nitrogens with zero attached hydrogens (tertiary/aromatic N) is 4. The predicted molar refractivity (Wildman–Crippen MR) is 143 cm³/mol. The number of aryl methyl sites for hydroxylation is 1. The normalized spacial score (nSPS) is 17.2. The third-order valence-electron chi connectivity index (χ3n) is 6.12. The summed E-state index contributed by atoms with van der Waals surface area (Å²) in [5.41, 5.74) is 5.60. The zero-order valence-corrected chi connectivity index (χ0v) is 20.8. The first kappa shape index (κ1) is 23.7.